The second-order valence-electron chi connectivity index (χ2n) is 8.30. The quantitative estimate of drug-likeness (QED) is 0.324. The largest absolute Gasteiger partial charge is 0.460 e. The van der Waals surface area contributed by atoms with Gasteiger partial charge in [0, 0.05) is 17.7 Å². The number of pyridine rings is 1. The highest BCUT2D eigenvalue weighted by Gasteiger charge is 2.86. The van der Waals surface area contributed by atoms with Gasteiger partial charge in [-0.2, -0.15) is 61.8 Å². The molecule has 1 aliphatic heterocycles. The number of amides is 1. The molecule has 0 aliphatic carbocycles. The standard InChI is InChI=1S/C20H15F11N4O4S/c1-9-3-2-4-13(39-40(37,38)20(30,31)18(25,26)17(23,24)19(27,28)29)11-7-10(5-6-32-11)14-12(34-15(9)36)8-33-35(14)16(21)22/h4-9,16H,2-3H2,1H3,(H,34,36)/b13-4+/t9-/m1/s1. The van der Waals surface area contributed by atoms with Gasteiger partial charge in [0.05, 0.1) is 17.6 Å². The van der Waals surface area contributed by atoms with Gasteiger partial charge in [-0.05, 0) is 31.1 Å². The highest BCUT2D eigenvalue weighted by atomic mass is 32.2. The Kier molecular flexibility index (Phi) is 7.91. The van der Waals surface area contributed by atoms with E-state index >= 15 is 0 Å². The number of carbonyl (C=O) groups is 1. The summed E-state index contributed by atoms with van der Waals surface area (Å²) in [6.45, 7) is -2.01. The Bertz CT molecular complexity index is 1420. The number of fused-ring (bicyclic) bond motifs is 4. The molecule has 40 heavy (non-hydrogen) atoms. The fourth-order valence-corrected chi connectivity index (χ4v) is 4.26. The highest BCUT2D eigenvalue weighted by molar-refractivity contribution is 7.88. The zero-order chi connectivity index (χ0) is 30.5. The lowest BCUT2D eigenvalue weighted by molar-refractivity contribution is -0.382. The summed E-state index contributed by atoms with van der Waals surface area (Å²) in [6.07, 6.45) is -5.75. The van der Waals surface area contributed by atoms with Crippen LogP contribution in [0.15, 0.2) is 30.6 Å². The summed E-state index contributed by atoms with van der Waals surface area (Å²) in [5.41, 5.74) is -1.95. The van der Waals surface area contributed by atoms with E-state index in [-0.39, 0.29) is 22.4 Å². The topological polar surface area (TPSA) is 103 Å². The fourth-order valence-electron chi connectivity index (χ4n) is 3.32. The van der Waals surface area contributed by atoms with Crippen LogP contribution in [-0.2, 0) is 19.1 Å². The van der Waals surface area contributed by atoms with Crippen LogP contribution in [0.25, 0.3) is 17.0 Å². The summed E-state index contributed by atoms with van der Waals surface area (Å²) in [7, 11) is -7.34. The van der Waals surface area contributed by atoms with Crippen molar-refractivity contribution in [2.75, 3.05) is 5.32 Å². The third kappa shape index (κ3) is 5.19. The second-order valence-corrected chi connectivity index (χ2v) is 9.88. The average molecular weight is 616 g/mol. The molecule has 20 heteroatoms. The van der Waals surface area contributed by atoms with Crippen LogP contribution < -0.4 is 5.32 Å². The van der Waals surface area contributed by atoms with Gasteiger partial charge in [-0.15, -0.1) is 0 Å². The summed E-state index contributed by atoms with van der Waals surface area (Å²) in [5, 5.41) is -1.38. The van der Waals surface area contributed by atoms with Crippen LogP contribution in [0.1, 0.15) is 32.0 Å². The maximum Gasteiger partial charge on any atom is 0.460 e. The van der Waals surface area contributed by atoms with Crippen molar-refractivity contribution < 1.29 is 65.7 Å². The third-order valence-corrected chi connectivity index (χ3v) is 6.81. The summed E-state index contributed by atoms with van der Waals surface area (Å²) in [4.78, 5) is 16.1. The van der Waals surface area contributed by atoms with E-state index in [4.69, 9.17) is 0 Å². The molecule has 1 aliphatic rings. The average Bonchev–Trinajstić information content (AvgIpc) is 3.25. The van der Waals surface area contributed by atoms with E-state index in [0.717, 1.165) is 18.5 Å². The molecule has 0 unspecified atom stereocenters. The monoisotopic (exact) mass is 616 g/mol. The van der Waals surface area contributed by atoms with Crippen LogP contribution in [0.4, 0.5) is 54.0 Å². The Morgan fingerprint density at radius 3 is 2.27 bits per heavy atom. The van der Waals surface area contributed by atoms with Gasteiger partial charge in [0.25, 0.3) is 0 Å². The van der Waals surface area contributed by atoms with Gasteiger partial charge in [0.1, 0.15) is 5.69 Å². The Morgan fingerprint density at radius 2 is 1.70 bits per heavy atom. The molecule has 0 spiro atoms. The maximum absolute atomic E-state index is 14.3. The fraction of sp³-hybridized carbons (Fsp3) is 0.450. The van der Waals surface area contributed by atoms with Gasteiger partial charge < -0.3 is 9.50 Å². The first-order chi connectivity index (χ1) is 18.2. The molecule has 3 heterocycles. The molecule has 1 N–H and O–H groups in total. The van der Waals surface area contributed by atoms with Crippen molar-refractivity contribution in [2.45, 2.75) is 49.6 Å². The van der Waals surface area contributed by atoms with Crippen molar-refractivity contribution in [1.82, 2.24) is 14.8 Å². The Labute approximate surface area is 216 Å². The SMILES string of the molecule is C[C@@H]1CC/C=C(/OS(=O)(=O)C(F)(F)C(F)(F)C(F)(F)C(F)(F)F)c2cc(ccn2)-c2c(cnn2C(F)F)NC1=O. The number of anilines is 1. The molecule has 3 rings (SSSR count). The van der Waals surface area contributed by atoms with E-state index in [1.54, 1.807) is 0 Å². The molecular weight excluding hydrogens is 601 g/mol. The first-order valence-corrected chi connectivity index (χ1v) is 12.0. The minimum absolute atomic E-state index is 0.0973. The van der Waals surface area contributed by atoms with E-state index < -0.39 is 75.3 Å². The van der Waals surface area contributed by atoms with Crippen LogP contribution in [0, 0.1) is 5.92 Å². The predicted octanol–water partition coefficient (Wildman–Crippen LogP) is 5.82. The molecule has 0 saturated heterocycles. The molecule has 0 radical (unpaired) electrons. The number of alkyl halides is 11. The predicted molar refractivity (Wildman–Crippen MR) is 113 cm³/mol. The van der Waals surface area contributed by atoms with Crippen molar-refractivity contribution >= 4 is 27.5 Å². The normalized spacial score (nSPS) is 19.2. The molecule has 1 atom stereocenters. The highest BCUT2D eigenvalue weighted by Crippen LogP contribution is 2.55. The lowest BCUT2D eigenvalue weighted by atomic mass is 10.0. The van der Waals surface area contributed by atoms with Gasteiger partial charge in [0.15, 0.2) is 5.76 Å². The molecule has 0 fully saturated rings. The minimum atomic E-state index is -7.55. The number of hydrogen-bond donors (Lipinski definition) is 1. The second kappa shape index (κ2) is 10.2. The first-order valence-electron chi connectivity index (χ1n) is 10.6. The molecule has 0 aromatic carbocycles. The van der Waals surface area contributed by atoms with E-state index in [2.05, 4.69) is 19.6 Å². The molecule has 8 nitrogen and oxygen atoms in total. The van der Waals surface area contributed by atoms with Crippen LogP contribution in [0.5, 0.6) is 0 Å². The summed E-state index contributed by atoms with van der Waals surface area (Å²) >= 11 is 0. The van der Waals surface area contributed by atoms with E-state index in [1.165, 1.54) is 6.92 Å². The first kappa shape index (κ1) is 31.1. The van der Waals surface area contributed by atoms with Crippen molar-refractivity contribution in [2.24, 2.45) is 5.92 Å². The molecule has 0 saturated carbocycles. The molecular formula is C20H15F11N4O4S. The number of nitrogens with zero attached hydrogens (tertiary/aromatic N) is 3. The Balaban J connectivity index is 2.16. The van der Waals surface area contributed by atoms with Crippen LogP contribution >= 0.6 is 0 Å². The van der Waals surface area contributed by atoms with Crippen LogP contribution in [0.3, 0.4) is 0 Å². The molecule has 1 amide bonds. The number of carbonyl (C=O) groups excluding carboxylic acids is 1. The summed E-state index contributed by atoms with van der Waals surface area (Å²) in [6, 6.07) is 1.71. The minimum Gasteiger partial charge on any atom is -0.376 e. The lowest BCUT2D eigenvalue weighted by Crippen LogP contribution is -2.63. The maximum atomic E-state index is 14.3. The number of allylic oxidation sites excluding steroid dienone is 1. The lowest BCUT2D eigenvalue weighted by Gasteiger charge is -2.32. The van der Waals surface area contributed by atoms with Crippen molar-refractivity contribution in [1.29, 1.82) is 0 Å². The Hall–Kier alpha value is -3.45. The summed E-state index contributed by atoms with van der Waals surface area (Å²) in [5.74, 6) is -18.2. The van der Waals surface area contributed by atoms with Crippen molar-refractivity contribution in [3.8, 4) is 11.3 Å². The van der Waals surface area contributed by atoms with Crippen LogP contribution in [0.2, 0.25) is 0 Å². The van der Waals surface area contributed by atoms with Crippen molar-refractivity contribution in [3.05, 3.63) is 36.3 Å². The number of nitrogens with one attached hydrogen (secondary N) is 1. The summed E-state index contributed by atoms with van der Waals surface area (Å²) < 4.78 is 175. The van der Waals surface area contributed by atoms with E-state index in [9.17, 15) is 61.5 Å². The van der Waals surface area contributed by atoms with Gasteiger partial charge in [-0.3, -0.25) is 9.78 Å². The molecule has 2 aromatic heterocycles. The van der Waals surface area contributed by atoms with E-state index in [1.807, 2.05) is 0 Å². The van der Waals surface area contributed by atoms with Crippen LogP contribution in [-0.4, -0.2) is 52.4 Å². The zero-order valence-corrected chi connectivity index (χ0v) is 20.3. The molecule has 2 aromatic rings. The number of aromatic nitrogens is 3. The third-order valence-electron chi connectivity index (χ3n) is 5.53. The van der Waals surface area contributed by atoms with Gasteiger partial charge in [0.2, 0.25) is 5.91 Å². The zero-order valence-electron chi connectivity index (χ0n) is 19.5. The Morgan fingerprint density at radius 1 is 1.07 bits per heavy atom. The number of hydrogen-bond acceptors (Lipinski definition) is 6. The number of rotatable bonds is 6. The van der Waals surface area contributed by atoms with Gasteiger partial charge in [-0.1, -0.05) is 6.92 Å². The molecule has 2 bridgehead atoms. The number of halogens is 11. The smallest absolute Gasteiger partial charge is 0.376 e. The van der Waals surface area contributed by atoms with Gasteiger partial charge in [-0.25, -0.2) is 4.68 Å². The molecule has 222 valence electrons. The van der Waals surface area contributed by atoms with Crippen molar-refractivity contribution in [3.63, 3.8) is 0 Å². The van der Waals surface area contributed by atoms with E-state index in [0.29, 0.717) is 12.1 Å². The van der Waals surface area contributed by atoms with Gasteiger partial charge >= 0.3 is 39.9 Å².